The molecule has 2 aliphatic heterocycles. The van der Waals surface area contributed by atoms with Crippen molar-refractivity contribution in [2.75, 3.05) is 32.9 Å². The summed E-state index contributed by atoms with van der Waals surface area (Å²) in [5.41, 5.74) is 0. The summed E-state index contributed by atoms with van der Waals surface area (Å²) < 4.78 is 10.5. The quantitative estimate of drug-likeness (QED) is 0.713. The van der Waals surface area contributed by atoms with Gasteiger partial charge in [0.1, 0.15) is 0 Å². The van der Waals surface area contributed by atoms with E-state index < -0.39 is 18.0 Å². The average molecular weight is 243 g/mol. The third kappa shape index (κ3) is 2.58. The van der Waals surface area contributed by atoms with E-state index >= 15 is 0 Å². The van der Waals surface area contributed by atoms with Crippen molar-refractivity contribution >= 4 is 11.9 Å². The van der Waals surface area contributed by atoms with E-state index in [0.29, 0.717) is 19.8 Å². The van der Waals surface area contributed by atoms with E-state index in [1.807, 2.05) is 6.92 Å². The van der Waals surface area contributed by atoms with Crippen LogP contribution in [0.15, 0.2) is 0 Å². The normalized spacial score (nSPS) is 33.7. The fourth-order valence-electron chi connectivity index (χ4n) is 2.30. The Balaban J connectivity index is 1.94. The third-order valence-corrected chi connectivity index (χ3v) is 3.33. The monoisotopic (exact) mass is 243 g/mol. The molecular formula is C11H17NO5. The Morgan fingerprint density at radius 1 is 1.29 bits per heavy atom. The fourth-order valence-corrected chi connectivity index (χ4v) is 2.30. The predicted molar refractivity (Wildman–Crippen MR) is 57.4 cm³/mol. The summed E-state index contributed by atoms with van der Waals surface area (Å²) in [6.07, 6.45) is -0.566. The maximum absolute atomic E-state index is 12.0. The van der Waals surface area contributed by atoms with Crippen LogP contribution < -0.4 is 0 Å². The first-order valence-electron chi connectivity index (χ1n) is 5.80. The summed E-state index contributed by atoms with van der Waals surface area (Å²) in [5.74, 6) is -1.47. The maximum atomic E-state index is 12.0. The van der Waals surface area contributed by atoms with E-state index in [2.05, 4.69) is 0 Å². The molecule has 3 atom stereocenters. The zero-order valence-electron chi connectivity index (χ0n) is 9.80. The number of amides is 1. The van der Waals surface area contributed by atoms with E-state index in [9.17, 15) is 9.59 Å². The number of rotatable bonds is 2. The van der Waals surface area contributed by atoms with Gasteiger partial charge in [0.2, 0.25) is 0 Å². The number of carbonyl (C=O) groups is 2. The number of likely N-dealkylation sites (tertiary alicyclic amines) is 1. The first kappa shape index (κ1) is 12.3. The van der Waals surface area contributed by atoms with Gasteiger partial charge in [-0.25, -0.2) is 0 Å². The van der Waals surface area contributed by atoms with Crippen molar-refractivity contribution in [3.8, 4) is 0 Å². The Bertz CT molecular complexity index is 313. The number of nitrogens with zero attached hydrogens (tertiary/aromatic N) is 1. The lowest BCUT2D eigenvalue weighted by Gasteiger charge is -2.26. The predicted octanol–water partition coefficient (Wildman–Crippen LogP) is -0.419. The summed E-state index contributed by atoms with van der Waals surface area (Å²) in [6.45, 7) is 3.80. The molecule has 1 amide bonds. The molecule has 96 valence electrons. The number of hydrogen-bond acceptors (Lipinski definition) is 4. The van der Waals surface area contributed by atoms with Crippen LogP contribution in [-0.4, -0.2) is 60.9 Å². The standard InChI is InChI=1S/C11H17NO5/c1-7-4-12(5-8(7)11(14)15)10(13)9-6-16-2-3-17-9/h7-9H,2-6H2,1H3,(H,14,15). The zero-order valence-corrected chi connectivity index (χ0v) is 9.80. The molecule has 6 heteroatoms. The Hall–Kier alpha value is -1.14. The second kappa shape index (κ2) is 5.01. The van der Waals surface area contributed by atoms with Gasteiger partial charge in [-0.3, -0.25) is 9.59 Å². The first-order valence-corrected chi connectivity index (χ1v) is 5.80. The molecule has 2 aliphatic rings. The highest BCUT2D eigenvalue weighted by Gasteiger charge is 2.39. The van der Waals surface area contributed by atoms with Gasteiger partial charge in [-0.15, -0.1) is 0 Å². The summed E-state index contributed by atoms with van der Waals surface area (Å²) in [5, 5.41) is 9.00. The molecular weight excluding hydrogens is 226 g/mol. The molecule has 0 aromatic rings. The van der Waals surface area contributed by atoms with E-state index in [0.717, 1.165) is 0 Å². The van der Waals surface area contributed by atoms with Crippen LogP contribution in [0, 0.1) is 11.8 Å². The molecule has 0 aromatic heterocycles. The number of hydrogen-bond donors (Lipinski definition) is 1. The number of aliphatic carboxylic acids is 1. The molecule has 2 rings (SSSR count). The molecule has 0 aliphatic carbocycles. The van der Waals surface area contributed by atoms with Crippen LogP contribution >= 0.6 is 0 Å². The molecule has 0 spiro atoms. The molecule has 2 saturated heterocycles. The van der Waals surface area contributed by atoms with Gasteiger partial charge in [-0.1, -0.05) is 6.92 Å². The molecule has 0 bridgehead atoms. The summed E-state index contributed by atoms with van der Waals surface area (Å²) in [7, 11) is 0. The van der Waals surface area contributed by atoms with Gasteiger partial charge in [0.15, 0.2) is 6.10 Å². The van der Waals surface area contributed by atoms with Gasteiger partial charge < -0.3 is 19.5 Å². The van der Waals surface area contributed by atoms with Crippen molar-refractivity contribution in [1.82, 2.24) is 4.90 Å². The minimum atomic E-state index is -0.839. The van der Waals surface area contributed by atoms with E-state index in [-0.39, 0.29) is 25.0 Å². The Morgan fingerprint density at radius 3 is 2.59 bits per heavy atom. The Labute approximate surface area is 99.5 Å². The third-order valence-electron chi connectivity index (χ3n) is 3.33. The lowest BCUT2D eigenvalue weighted by atomic mass is 9.99. The van der Waals surface area contributed by atoms with Crippen molar-refractivity contribution in [2.45, 2.75) is 13.0 Å². The molecule has 0 radical (unpaired) electrons. The molecule has 0 saturated carbocycles. The summed E-state index contributed by atoms with van der Waals surface area (Å²) >= 11 is 0. The van der Waals surface area contributed by atoms with Gasteiger partial charge >= 0.3 is 5.97 Å². The molecule has 0 aromatic carbocycles. The highest BCUT2D eigenvalue weighted by Crippen LogP contribution is 2.24. The van der Waals surface area contributed by atoms with Crippen molar-refractivity contribution in [2.24, 2.45) is 11.8 Å². The second-order valence-electron chi connectivity index (χ2n) is 4.60. The largest absolute Gasteiger partial charge is 0.481 e. The second-order valence-corrected chi connectivity index (χ2v) is 4.60. The van der Waals surface area contributed by atoms with Crippen molar-refractivity contribution in [3.05, 3.63) is 0 Å². The van der Waals surface area contributed by atoms with Gasteiger partial charge in [0.05, 0.1) is 25.7 Å². The van der Waals surface area contributed by atoms with Gasteiger partial charge in [0.25, 0.3) is 5.91 Å². The molecule has 6 nitrogen and oxygen atoms in total. The lowest BCUT2D eigenvalue weighted by molar-refractivity contribution is -0.157. The highest BCUT2D eigenvalue weighted by atomic mass is 16.6. The minimum Gasteiger partial charge on any atom is -0.481 e. The summed E-state index contributed by atoms with van der Waals surface area (Å²) in [6, 6.07) is 0. The first-order chi connectivity index (χ1) is 8.09. The van der Waals surface area contributed by atoms with Crippen molar-refractivity contribution in [1.29, 1.82) is 0 Å². The lowest BCUT2D eigenvalue weighted by Crippen LogP contribution is -2.44. The van der Waals surface area contributed by atoms with E-state index in [1.165, 1.54) is 0 Å². The molecule has 3 unspecified atom stereocenters. The van der Waals surface area contributed by atoms with Crippen LogP contribution in [-0.2, 0) is 19.1 Å². The van der Waals surface area contributed by atoms with E-state index in [4.69, 9.17) is 14.6 Å². The summed E-state index contributed by atoms with van der Waals surface area (Å²) in [4.78, 5) is 24.6. The van der Waals surface area contributed by atoms with Crippen LogP contribution in [0.25, 0.3) is 0 Å². The molecule has 17 heavy (non-hydrogen) atoms. The van der Waals surface area contributed by atoms with Crippen molar-refractivity contribution in [3.63, 3.8) is 0 Å². The minimum absolute atomic E-state index is 0.0130. The number of carboxylic acids is 1. The number of ether oxygens (including phenoxy) is 2. The highest BCUT2D eigenvalue weighted by molar-refractivity contribution is 5.83. The zero-order chi connectivity index (χ0) is 12.4. The SMILES string of the molecule is CC1CN(C(=O)C2COCCO2)CC1C(=O)O. The van der Waals surface area contributed by atoms with Crippen LogP contribution in [0.4, 0.5) is 0 Å². The topological polar surface area (TPSA) is 76.1 Å². The van der Waals surface area contributed by atoms with Crippen LogP contribution in [0.5, 0.6) is 0 Å². The molecule has 2 heterocycles. The Kier molecular flexibility index (Phi) is 3.63. The van der Waals surface area contributed by atoms with Gasteiger partial charge in [0, 0.05) is 13.1 Å². The average Bonchev–Trinajstić information content (AvgIpc) is 2.71. The van der Waals surface area contributed by atoms with Crippen molar-refractivity contribution < 1.29 is 24.2 Å². The molecule has 1 N–H and O–H groups in total. The van der Waals surface area contributed by atoms with E-state index in [1.54, 1.807) is 4.90 Å². The van der Waals surface area contributed by atoms with Gasteiger partial charge in [-0.2, -0.15) is 0 Å². The van der Waals surface area contributed by atoms with Gasteiger partial charge in [-0.05, 0) is 5.92 Å². The van der Waals surface area contributed by atoms with Crippen LogP contribution in [0.3, 0.4) is 0 Å². The van der Waals surface area contributed by atoms with Crippen LogP contribution in [0.2, 0.25) is 0 Å². The van der Waals surface area contributed by atoms with Crippen LogP contribution in [0.1, 0.15) is 6.92 Å². The Morgan fingerprint density at radius 2 is 2.06 bits per heavy atom. The maximum Gasteiger partial charge on any atom is 0.308 e. The number of carboxylic acid groups (broad SMARTS) is 1. The smallest absolute Gasteiger partial charge is 0.308 e. The number of carbonyl (C=O) groups excluding carboxylic acids is 1. The fraction of sp³-hybridized carbons (Fsp3) is 0.818. The molecule has 2 fully saturated rings.